The molecule has 2 aromatic rings. The maximum Gasteiger partial charge on any atom is 0.291 e. The minimum absolute atomic E-state index is 0.165. The molecule has 6 heteroatoms. The van der Waals surface area contributed by atoms with E-state index in [1.165, 1.54) is 7.05 Å². The summed E-state index contributed by atoms with van der Waals surface area (Å²) in [6.07, 6.45) is 0. The van der Waals surface area contributed by atoms with Crippen molar-refractivity contribution in [2.24, 2.45) is 0 Å². The van der Waals surface area contributed by atoms with Gasteiger partial charge in [0, 0.05) is 7.05 Å². The lowest BCUT2D eigenvalue weighted by Crippen LogP contribution is -2.21. The van der Waals surface area contributed by atoms with Crippen LogP contribution in [0.25, 0.3) is 0 Å². The van der Waals surface area contributed by atoms with E-state index in [2.05, 4.69) is 26.6 Å². The molecule has 0 aliphatic heterocycles. The predicted molar refractivity (Wildman–Crippen MR) is 74.2 cm³/mol. The Kier molecular flexibility index (Phi) is 4.01. The van der Waals surface area contributed by atoms with E-state index in [1.54, 1.807) is 36.4 Å². The number of benzene rings is 1. The molecule has 0 aliphatic carbocycles. The van der Waals surface area contributed by atoms with Crippen molar-refractivity contribution in [2.75, 3.05) is 12.4 Å². The van der Waals surface area contributed by atoms with Gasteiger partial charge in [0.25, 0.3) is 11.8 Å². The van der Waals surface area contributed by atoms with Crippen LogP contribution >= 0.6 is 15.9 Å². The normalized spacial score (nSPS) is 10.0. The highest BCUT2D eigenvalue weighted by molar-refractivity contribution is 9.10. The highest BCUT2D eigenvalue weighted by Gasteiger charge is 2.15. The zero-order chi connectivity index (χ0) is 13.8. The molecule has 5 nitrogen and oxygen atoms in total. The fourth-order valence-electron chi connectivity index (χ4n) is 1.55. The molecule has 0 saturated heterocycles. The Balaban J connectivity index is 2.24. The number of hydrogen-bond donors (Lipinski definition) is 2. The zero-order valence-electron chi connectivity index (χ0n) is 10.1. The van der Waals surface area contributed by atoms with Crippen LogP contribution in [-0.2, 0) is 0 Å². The topological polar surface area (TPSA) is 71.3 Å². The van der Waals surface area contributed by atoms with Gasteiger partial charge >= 0.3 is 0 Å². The van der Waals surface area contributed by atoms with E-state index in [0.717, 1.165) is 0 Å². The van der Waals surface area contributed by atoms with Gasteiger partial charge in [0.1, 0.15) is 0 Å². The Morgan fingerprint density at radius 1 is 1.11 bits per heavy atom. The van der Waals surface area contributed by atoms with Crippen LogP contribution < -0.4 is 10.6 Å². The Hall–Kier alpha value is -2.08. The quantitative estimate of drug-likeness (QED) is 0.912. The number of hydrogen-bond acceptors (Lipinski definition) is 3. The lowest BCUT2D eigenvalue weighted by Gasteiger charge is -2.08. The number of carbonyl (C=O) groups excluding carboxylic acids is 2. The number of anilines is 1. The van der Waals surface area contributed by atoms with Crippen molar-refractivity contribution in [1.29, 1.82) is 0 Å². The summed E-state index contributed by atoms with van der Waals surface area (Å²) in [4.78, 5) is 23.6. The van der Waals surface area contributed by atoms with E-state index >= 15 is 0 Å². The van der Waals surface area contributed by atoms with Gasteiger partial charge in [-0.3, -0.25) is 9.59 Å². The first-order valence-electron chi connectivity index (χ1n) is 5.49. The molecule has 0 unspecified atom stereocenters. The third-order valence-electron chi connectivity index (χ3n) is 2.44. The van der Waals surface area contributed by atoms with Crippen LogP contribution in [-0.4, -0.2) is 18.9 Å². The summed E-state index contributed by atoms with van der Waals surface area (Å²) >= 11 is 3.12. The van der Waals surface area contributed by atoms with Crippen molar-refractivity contribution in [2.45, 2.75) is 0 Å². The summed E-state index contributed by atoms with van der Waals surface area (Å²) < 4.78 is 5.62. The van der Waals surface area contributed by atoms with Crippen molar-refractivity contribution < 1.29 is 14.0 Å². The van der Waals surface area contributed by atoms with Gasteiger partial charge in [-0.25, -0.2) is 0 Å². The molecule has 0 atom stereocenters. The standard InChI is InChI=1S/C13H11BrN2O3/c1-15-12(17)8-4-2-3-5-9(8)16-13(18)10-6-7-11(14)19-10/h2-7H,1H3,(H,15,17)(H,16,18). The number of rotatable bonds is 3. The van der Waals surface area contributed by atoms with Crippen molar-refractivity contribution >= 4 is 33.4 Å². The molecule has 0 radical (unpaired) electrons. The third kappa shape index (κ3) is 3.03. The first kappa shape index (κ1) is 13.4. The van der Waals surface area contributed by atoms with Crippen LogP contribution in [0.5, 0.6) is 0 Å². The molecule has 1 heterocycles. The summed E-state index contributed by atoms with van der Waals surface area (Å²) in [5.74, 6) is -0.517. The monoisotopic (exact) mass is 322 g/mol. The molecule has 0 fully saturated rings. The second-order valence-electron chi connectivity index (χ2n) is 3.68. The molecule has 98 valence electrons. The molecule has 1 aromatic heterocycles. The number of halogens is 1. The smallest absolute Gasteiger partial charge is 0.291 e. The highest BCUT2D eigenvalue weighted by Crippen LogP contribution is 2.18. The number of para-hydroxylation sites is 1. The van der Waals surface area contributed by atoms with Gasteiger partial charge < -0.3 is 15.1 Å². The molecule has 0 saturated carbocycles. The Morgan fingerprint density at radius 2 is 1.84 bits per heavy atom. The van der Waals surface area contributed by atoms with Crippen LogP contribution in [0.15, 0.2) is 45.5 Å². The first-order chi connectivity index (χ1) is 9.11. The third-order valence-corrected chi connectivity index (χ3v) is 2.87. The first-order valence-corrected chi connectivity index (χ1v) is 6.29. The van der Waals surface area contributed by atoms with E-state index in [9.17, 15) is 9.59 Å². The van der Waals surface area contributed by atoms with Crippen molar-refractivity contribution in [1.82, 2.24) is 5.32 Å². The van der Waals surface area contributed by atoms with Gasteiger partial charge in [0.15, 0.2) is 10.4 Å². The van der Waals surface area contributed by atoms with Crippen molar-refractivity contribution in [3.63, 3.8) is 0 Å². The summed E-state index contributed by atoms with van der Waals surface area (Å²) in [6, 6.07) is 9.91. The molecule has 0 spiro atoms. The van der Waals surface area contributed by atoms with Crippen LogP contribution in [0.4, 0.5) is 5.69 Å². The molecule has 2 rings (SSSR count). The number of amides is 2. The molecular formula is C13H11BrN2O3. The van der Waals surface area contributed by atoms with Crippen molar-refractivity contribution in [3.8, 4) is 0 Å². The molecule has 0 aliphatic rings. The van der Waals surface area contributed by atoms with Gasteiger partial charge in [-0.2, -0.15) is 0 Å². The second-order valence-corrected chi connectivity index (χ2v) is 4.46. The zero-order valence-corrected chi connectivity index (χ0v) is 11.7. The summed E-state index contributed by atoms with van der Waals surface area (Å²) in [5, 5.41) is 5.16. The van der Waals surface area contributed by atoms with Gasteiger partial charge in [0.05, 0.1) is 11.3 Å². The molecule has 2 amide bonds. The van der Waals surface area contributed by atoms with E-state index in [0.29, 0.717) is 15.9 Å². The van der Waals surface area contributed by atoms with Gasteiger partial charge in [0.2, 0.25) is 0 Å². The van der Waals surface area contributed by atoms with E-state index in [1.807, 2.05) is 0 Å². The highest BCUT2D eigenvalue weighted by atomic mass is 79.9. The molecule has 0 bridgehead atoms. The van der Waals surface area contributed by atoms with Crippen LogP contribution in [0.2, 0.25) is 0 Å². The number of carbonyl (C=O) groups is 2. The molecule has 1 aromatic carbocycles. The predicted octanol–water partition coefficient (Wildman–Crippen LogP) is 2.65. The minimum Gasteiger partial charge on any atom is -0.444 e. The van der Waals surface area contributed by atoms with Crippen LogP contribution in [0.1, 0.15) is 20.9 Å². The van der Waals surface area contributed by atoms with Gasteiger partial charge in [-0.05, 0) is 40.2 Å². The van der Waals surface area contributed by atoms with Crippen LogP contribution in [0.3, 0.4) is 0 Å². The molecular weight excluding hydrogens is 312 g/mol. The SMILES string of the molecule is CNC(=O)c1ccccc1NC(=O)c1ccc(Br)o1. The van der Waals surface area contributed by atoms with Gasteiger partial charge in [-0.15, -0.1) is 0 Å². The minimum atomic E-state index is -0.415. The summed E-state index contributed by atoms with van der Waals surface area (Å²) in [7, 11) is 1.53. The van der Waals surface area contributed by atoms with Crippen LogP contribution in [0, 0.1) is 0 Å². The molecule has 19 heavy (non-hydrogen) atoms. The fraction of sp³-hybridized carbons (Fsp3) is 0.0769. The van der Waals surface area contributed by atoms with Crippen molar-refractivity contribution in [3.05, 3.63) is 52.4 Å². The number of nitrogens with one attached hydrogen (secondary N) is 2. The number of furan rings is 1. The average Bonchev–Trinajstić information content (AvgIpc) is 2.85. The fourth-order valence-corrected chi connectivity index (χ4v) is 1.85. The van der Waals surface area contributed by atoms with E-state index in [4.69, 9.17) is 4.42 Å². The summed E-state index contributed by atoms with van der Waals surface area (Å²) in [5.41, 5.74) is 0.823. The second kappa shape index (κ2) is 5.71. The molecule has 2 N–H and O–H groups in total. The lowest BCUT2D eigenvalue weighted by atomic mass is 10.1. The Bertz CT molecular complexity index is 622. The maximum absolute atomic E-state index is 11.9. The largest absolute Gasteiger partial charge is 0.444 e. The van der Waals surface area contributed by atoms with E-state index in [-0.39, 0.29) is 11.7 Å². The van der Waals surface area contributed by atoms with Gasteiger partial charge in [-0.1, -0.05) is 12.1 Å². The Labute approximate surface area is 118 Å². The average molecular weight is 323 g/mol. The summed E-state index contributed by atoms with van der Waals surface area (Å²) in [6.45, 7) is 0. The Morgan fingerprint density at radius 3 is 2.47 bits per heavy atom. The maximum atomic E-state index is 11.9. The lowest BCUT2D eigenvalue weighted by molar-refractivity contribution is 0.0964. The van der Waals surface area contributed by atoms with E-state index < -0.39 is 5.91 Å².